The molecule has 1 rings (SSSR count). The maximum absolute atomic E-state index is 10.2. The van der Waals surface area contributed by atoms with Gasteiger partial charge in [-0.3, -0.25) is 4.79 Å². The van der Waals surface area contributed by atoms with Crippen molar-refractivity contribution < 1.29 is 4.79 Å². The maximum Gasteiger partial charge on any atom is 0.207 e. The molecule has 0 aromatic heterocycles. The van der Waals surface area contributed by atoms with Crippen LogP contribution in [-0.4, -0.2) is 37.0 Å². The third-order valence-corrected chi connectivity index (χ3v) is 2.43. The molecule has 0 radical (unpaired) electrons. The highest BCUT2D eigenvalue weighted by atomic mass is 16.1. The first-order chi connectivity index (χ1) is 6.36. The number of nitrogens with zero attached hydrogens (tertiary/aromatic N) is 2. The van der Waals surface area contributed by atoms with Gasteiger partial charge in [-0.25, -0.2) is 0 Å². The molecule has 1 fully saturated rings. The third-order valence-electron chi connectivity index (χ3n) is 2.43. The van der Waals surface area contributed by atoms with Crippen LogP contribution in [-0.2, 0) is 4.79 Å². The lowest BCUT2D eigenvalue weighted by Gasteiger charge is -2.30. The predicted molar refractivity (Wildman–Crippen MR) is 48.9 cm³/mol. The molecule has 0 saturated carbocycles. The van der Waals surface area contributed by atoms with Crippen molar-refractivity contribution in [2.75, 3.05) is 19.6 Å². The Morgan fingerprint density at radius 3 is 2.77 bits per heavy atom. The summed E-state index contributed by atoms with van der Waals surface area (Å²) < 4.78 is 0. The zero-order valence-corrected chi connectivity index (χ0v) is 7.70. The first kappa shape index (κ1) is 10.0. The first-order valence-corrected chi connectivity index (χ1v) is 4.66. The Bertz CT molecular complexity index is 192. The average molecular weight is 181 g/mol. The van der Waals surface area contributed by atoms with Gasteiger partial charge >= 0.3 is 0 Å². The third kappa shape index (κ3) is 3.43. The quantitative estimate of drug-likeness (QED) is 0.626. The van der Waals surface area contributed by atoms with Crippen molar-refractivity contribution in [3.8, 4) is 6.07 Å². The molecule has 0 spiro atoms. The molecule has 4 nitrogen and oxygen atoms in total. The topological polar surface area (TPSA) is 56.1 Å². The molecule has 1 aliphatic rings. The van der Waals surface area contributed by atoms with Crippen molar-refractivity contribution in [1.29, 1.82) is 5.26 Å². The SMILES string of the molecule is N#CCCN1CCC(NC=O)CC1. The van der Waals surface area contributed by atoms with Gasteiger partial charge in [-0.15, -0.1) is 0 Å². The molecule has 13 heavy (non-hydrogen) atoms. The Morgan fingerprint density at radius 2 is 2.23 bits per heavy atom. The fourth-order valence-corrected chi connectivity index (χ4v) is 1.63. The van der Waals surface area contributed by atoms with Crippen molar-refractivity contribution in [3.05, 3.63) is 0 Å². The number of carbonyl (C=O) groups excluding carboxylic acids is 1. The van der Waals surface area contributed by atoms with E-state index < -0.39 is 0 Å². The second-order valence-corrected chi connectivity index (χ2v) is 3.31. The molecule has 1 N–H and O–H groups in total. The van der Waals surface area contributed by atoms with Gasteiger partial charge in [0.05, 0.1) is 6.07 Å². The predicted octanol–water partition coefficient (Wildman–Crippen LogP) is 0.110. The van der Waals surface area contributed by atoms with Crippen LogP contribution in [0.4, 0.5) is 0 Å². The van der Waals surface area contributed by atoms with Gasteiger partial charge in [0.25, 0.3) is 0 Å². The van der Waals surface area contributed by atoms with E-state index in [1.165, 1.54) is 0 Å². The van der Waals surface area contributed by atoms with E-state index >= 15 is 0 Å². The van der Waals surface area contributed by atoms with Gasteiger partial charge in [-0.05, 0) is 12.8 Å². The normalized spacial score (nSPS) is 19.3. The van der Waals surface area contributed by atoms with Crippen LogP contribution in [0.1, 0.15) is 19.3 Å². The number of hydrogen-bond acceptors (Lipinski definition) is 3. The van der Waals surface area contributed by atoms with Crippen LogP contribution in [0.25, 0.3) is 0 Å². The van der Waals surface area contributed by atoms with Gasteiger partial charge in [-0.1, -0.05) is 0 Å². The van der Waals surface area contributed by atoms with Crippen LogP contribution in [0.15, 0.2) is 0 Å². The summed E-state index contributed by atoms with van der Waals surface area (Å²) in [7, 11) is 0. The molecule has 0 aromatic rings. The first-order valence-electron chi connectivity index (χ1n) is 4.66. The summed E-state index contributed by atoms with van der Waals surface area (Å²) in [6, 6.07) is 2.48. The van der Waals surface area contributed by atoms with Gasteiger partial charge in [0, 0.05) is 32.1 Å². The number of rotatable bonds is 4. The molecule has 1 amide bonds. The van der Waals surface area contributed by atoms with Crippen LogP contribution >= 0.6 is 0 Å². The maximum atomic E-state index is 10.2. The molecule has 1 aliphatic heterocycles. The van der Waals surface area contributed by atoms with Crippen LogP contribution in [0.5, 0.6) is 0 Å². The minimum Gasteiger partial charge on any atom is -0.356 e. The summed E-state index contributed by atoms with van der Waals surface area (Å²) in [6.07, 6.45) is 3.38. The van der Waals surface area contributed by atoms with Crippen molar-refractivity contribution >= 4 is 6.41 Å². The van der Waals surface area contributed by atoms with Crippen LogP contribution in [0, 0.1) is 11.3 Å². The van der Waals surface area contributed by atoms with Crippen molar-refractivity contribution in [1.82, 2.24) is 10.2 Å². The van der Waals surface area contributed by atoms with Crippen LogP contribution < -0.4 is 5.32 Å². The van der Waals surface area contributed by atoms with Gasteiger partial charge in [-0.2, -0.15) is 5.26 Å². The largest absolute Gasteiger partial charge is 0.356 e. The van der Waals surface area contributed by atoms with Crippen LogP contribution in [0.2, 0.25) is 0 Å². The molecule has 0 aromatic carbocycles. The van der Waals surface area contributed by atoms with E-state index in [0.29, 0.717) is 12.5 Å². The molecule has 0 bridgehead atoms. The fourth-order valence-electron chi connectivity index (χ4n) is 1.63. The van der Waals surface area contributed by atoms with E-state index in [4.69, 9.17) is 5.26 Å². The fraction of sp³-hybridized carbons (Fsp3) is 0.778. The highest BCUT2D eigenvalue weighted by Crippen LogP contribution is 2.09. The van der Waals surface area contributed by atoms with E-state index in [1.807, 2.05) is 0 Å². The van der Waals surface area contributed by atoms with Gasteiger partial charge < -0.3 is 10.2 Å². The molecule has 0 aliphatic carbocycles. The lowest BCUT2D eigenvalue weighted by molar-refractivity contribution is -0.110. The highest BCUT2D eigenvalue weighted by Gasteiger charge is 2.17. The van der Waals surface area contributed by atoms with Gasteiger partial charge in [0.2, 0.25) is 6.41 Å². The van der Waals surface area contributed by atoms with E-state index in [1.54, 1.807) is 0 Å². The molecule has 1 saturated heterocycles. The zero-order valence-electron chi connectivity index (χ0n) is 7.70. The van der Waals surface area contributed by atoms with E-state index in [0.717, 1.165) is 38.9 Å². The number of carbonyl (C=O) groups is 1. The second-order valence-electron chi connectivity index (χ2n) is 3.31. The van der Waals surface area contributed by atoms with E-state index in [-0.39, 0.29) is 0 Å². The van der Waals surface area contributed by atoms with Crippen molar-refractivity contribution in [3.63, 3.8) is 0 Å². The number of piperidine rings is 1. The van der Waals surface area contributed by atoms with Crippen molar-refractivity contribution in [2.45, 2.75) is 25.3 Å². The molecular formula is C9H15N3O. The number of likely N-dealkylation sites (tertiary alicyclic amines) is 1. The summed E-state index contributed by atoms with van der Waals surface area (Å²) in [6.45, 7) is 2.85. The number of hydrogen-bond donors (Lipinski definition) is 1. The minimum absolute atomic E-state index is 0.343. The Balaban J connectivity index is 2.15. The Morgan fingerprint density at radius 1 is 1.54 bits per heavy atom. The number of amides is 1. The summed E-state index contributed by atoms with van der Waals surface area (Å²) >= 11 is 0. The number of nitrogens with one attached hydrogen (secondary N) is 1. The second kappa shape index (κ2) is 5.55. The van der Waals surface area contributed by atoms with E-state index in [2.05, 4.69) is 16.3 Å². The van der Waals surface area contributed by atoms with Crippen molar-refractivity contribution in [2.24, 2.45) is 0 Å². The minimum atomic E-state index is 0.343. The zero-order chi connectivity index (χ0) is 9.52. The molecule has 0 atom stereocenters. The summed E-state index contributed by atoms with van der Waals surface area (Å²) in [4.78, 5) is 12.4. The summed E-state index contributed by atoms with van der Waals surface area (Å²) in [5, 5.41) is 11.2. The Kier molecular flexibility index (Phi) is 4.27. The average Bonchev–Trinajstić information content (AvgIpc) is 2.17. The lowest BCUT2D eigenvalue weighted by atomic mass is 10.1. The lowest BCUT2D eigenvalue weighted by Crippen LogP contribution is -2.42. The van der Waals surface area contributed by atoms with E-state index in [9.17, 15) is 4.79 Å². The molecular weight excluding hydrogens is 166 g/mol. The molecule has 0 unspecified atom stereocenters. The molecule has 72 valence electrons. The Labute approximate surface area is 78.5 Å². The summed E-state index contributed by atoms with van der Waals surface area (Å²) in [5.41, 5.74) is 0. The molecule has 1 heterocycles. The highest BCUT2D eigenvalue weighted by molar-refractivity contribution is 5.46. The van der Waals surface area contributed by atoms with Crippen LogP contribution in [0.3, 0.4) is 0 Å². The number of nitriles is 1. The molecule has 4 heteroatoms. The standard InChI is InChI=1S/C9H15N3O/c10-4-1-5-12-6-2-9(3-7-12)11-8-13/h8-9H,1-3,5-7H2,(H,11,13). The van der Waals surface area contributed by atoms with Gasteiger partial charge in [0.15, 0.2) is 0 Å². The van der Waals surface area contributed by atoms with Gasteiger partial charge in [0.1, 0.15) is 0 Å². The smallest absolute Gasteiger partial charge is 0.207 e. The monoisotopic (exact) mass is 181 g/mol. The summed E-state index contributed by atoms with van der Waals surface area (Å²) in [5.74, 6) is 0. The Hall–Kier alpha value is -1.08.